The van der Waals surface area contributed by atoms with E-state index in [1.165, 1.54) is 51.4 Å². The van der Waals surface area contributed by atoms with Gasteiger partial charge in [0.25, 0.3) is 0 Å². The molecule has 0 aromatic heterocycles. The highest BCUT2D eigenvalue weighted by Crippen LogP contribution is 2.58. The third-order valence-corrected chi connectivity index (χ3v) is 8.32. The van der Waals surface area contributed by atoms with Crippen molar-refractivity contribution in [3.05, 3.63) is 0 Å². The molecule has 0 spiro atoms. The van der Waals surface area contributed by atoms with Gasteiger partial charge in [-0.15, -0.1) is 0 Å². The Balaban J connectivity index is 2.49. The Labute approximate surface area is 108 Å². The summed E-state index contributed by atoms with van der Waals surface area (Å²) in [5.41, 5.74) is 0.589. The Morgan fingerprint density at radius 3 is 2.29 bits per heavy atom. The Bertz CT molecular complexity index is 241. The molecule has 102 valence electrons. The Morgan fingerprint density at radius 2 is 1.76 bits per heavy atom. The van der Waals surface area contributed by atoms with Crippen molar-refractivity contribution < 1.29 is 4.57 Å². The zero-order chi connectivity index (χ0) is 12.7. The average molecular weight is 258 g/mol. The molecular weight excluding hydrogens is 227 g/mol. The maximum absolute atomic E-state index is 13.2. The number of hydrogen-bond acceptors (Lipinski definition) is 1. The smallest absolute Gasteiger partial charge is 0.0909 e. The van der Waals surface area contributed by atoms with Crippen molar-refractivity contribution in [2.75, 3.05) is 12.3 Å². The fourth-order valence-electron chi connectivity index (χ4n) is 3.22. The molecule has 0 aliphatic heterocycles. The third-order valence-electron chi connectivity index (χ3n) is 4.05. The van der Waals surface area contributed by atoms with E-state index < -0.39 is 7.14 Å². The SMILES string of the molecule is CCCCCCP(=O)(CC(C)C)C1CCCC1. The van der Waals surface area contributed by atoms with E-state index in [1.807, 2.05) is 0 Å². The standard InChI is InChI=1S/C15H31OP/c1-4-5-6-9-12-17(16,13-14(2)3)15-10-7-8-11-15/h14-15H,4-13H2,1-3H3. The third kappa shape index (κ3) is 5.16. The zero-order valence-corrected chi connectivity index (χ0v) is 13.0. The Morgan fingerprint density at radius 1 is 1.12 bits per heavy atom. The zero-order valence-electron chi connectivity index (χ0n) is 12.1. The van der Waals surface area contributed by atoms with Gasteiger partial charge in [-0.2, -0.15) is 0 Å². The maximum atomic E-state index is 13.2. The largest absolute Gasteiger partial charge is 0.323 e. The molecule has 1 atom stereocenters. The highest BCUT2D eigenvalue weighted by molar-refractivity contribution is 7.64. The second-order valence-corrected chi connectivity index (χ2v) is 9.70. The molecule has 1 aliphatic carbocycles. The summed E-state index contributed by atoms with van der Waals surface area (Å²) in [6.07, 6.45) is 12.3. The number of unbranched alkanes of at least 4 members (excludes halogenated alkanes) is 3. The van der Waals surface area contributed by atoms with E-state index in [-0.39, 0.29) is 0 Å². The van der Waals surface area contributed by atoms with Gasteiger partial charge >= 0.3 is 0 Å². The van der Waals surface area contributed by atoms with Crippen LogP contribution in [0.2, 0.25) is 0 Å². The van der Waals surface area contributed by atoms with E-state index >= 15 is 0 Å². The molecule has 1 aliphatic rings. The lowest BCUT2D eigenvalue weighted by Crippen LogP contribution is -2.13. The van der Waals surface area contributed by atoms with Crippen LogP contribution in [0.25, 0.3) is 0 Å². The van der Waals surface area contributed by atoms with E-state index in [0.29, 0.717) is 11.6 Å². The van der Waals surface area contributed by atoms with Crippen LogP contribution in [0.3, 0.4) is 0 Å². The molecule has 0 aromatic rings. The summed E-state index contributed by atoms with van der Waals surface area (Å²) in [4.78, 5) is 0. The van der Waals surface area contributed by atoms with E-state index in [4.69, 9.17) is 0 Å². The van der Waals surface area contributed by atoms with Crippen LogP contribution in [-0.2, 0) is 4.57 Å². The van der Waals surface area contributed by atoms with Crippen molar-refractivity contribution >= 4 is 7.14 Å². The van der Waals surface area contributed by atoms with Crippen LogP contribution in [0.4, 0.5) is 0 Å². The molecule has 0 saturated heterocycles. The quantitative estimate of drug-likeness (QED) is 0.413. The van der Waals surface area contributed by atoms with Crippen LogP contribution in [0.1, 0.15) is 72.1 Å². The van der Waals surface area contributed by atoms with Crippen LogP contribution < -0.4 is 0 Å². The fraction of sp³-hybridized carbons (Fsp3) is 1.00. The van der Waals surface area contributed by atoms with Gasteiger partial charge in [-0.25, -0.2) is 0 Å². The second-order valence-electron chi connectivity index (χ2n) is 6.25. The van der Waals surface area contributed by atoms with Crippen molar-refractivity contribution in [2.24, 2.45) is 5.92 Å². The van der Waals surface area contributed by atoms with Gasteiger partial charge in [0.2, 0.25) is 0 Å². The lowest BCUT2D eigenvalue weighted by Gasteiger charge is -2.26. The summed E-state index contributed by atoms with van der Waals surface area (Å²) in [6, 6.07) is 0. The minimum atomic E-state index is -1.86. The Hall–Kier alpha value is 0.230. The van der Waals surface area contributed by atoms with E-state index in [9.17, 15) is 4.57 Å². The van der Waals surface area contributed by atoms with Crippen LogP contribution in [0, 0.1) is 5.92 Å². The molecule has 1 unspecified atom stereocenters. The van der Waals surface area contributed by atoms with Crippen LogP contribution >= 0.6 is 7.14 Å². The molecule has 0 aromatic carbocycles. The highest BCUT2D eigenvalue weighted by Gasteiger charge is 2.34. The molecule has 0 amide bonds. The molecule has 1 fully saturated rings. The molecule has 0 radical (unpaired) electrons. The van der Waals surface area contributed by atoms with E-state index in [0.717, 1.165) is 12.3 Å². The predicted molar refractivity (Wildman–Crippen MR) is 78.6 cm³/mol. The van der Waals surface area contributed by atoms with Crippen molar-refractivity contribution in [3.63, 3.8) is 0 Å². The molecule has 0 bridgehead atoms. The molecule has 1 saturated carbocycles. The van der Waals surface area contributed by atoms with Crippen LogP contribution in [-0.4, -0.2) is 18.0 Å². The lowest BCUT2D eigenvalue weighted by molar-refractivity contribution is 0.548. The van der Waals surface area contributed by atoms with Gasteiger partial charge in [0.15, 0.2) is 0 Å². The molecule has 2 heteroatoms. The van der Waals surface area contributed by atoms with Crippen molar-refractivity contribution in [1.82, 2.24) is 0 Å². The van der Waals surface area contributed by atoms with E-state index in [2.05, 4.69) is 20.8 Å². The van der Waals surface area contributed by atoms with Gasteiger partial charge in [0.1, 0.15) is 0 Å². The molecule has 0 N–H and O–H groups in total. The first-order chi connectivity index (χ1) is 8.08. The topological polar surface area (TPSA) is 17.1 Å². The summed E-state index contributed by atoms with van der Waals surface area (Å²) in [5, 5.41) is 0. The maximum Gasteiger partial charge on any atom is 0.0909 e. The first-order valence-electron chi connectivity index (χ1n) is 7.66. The van der Waals surface area contributed by atoms with Crippen molar-refractivity contribution in [1.29, 1.82) is 0 Å². The molecule has 1 nitrogen and oxygen atoms in total. The molecular formula is C15H31OP. The van der Waals surface area contributed by atoms with Crippen LogP contribution in [0.15, 0.2) is 0 Å². The lowest BCUT2D eigenvalue weighted by atomic mass is 10.2. The van der Waals surface area contributed by atoms with Gasteiger partial charge in [-0.3, -0.25) is 0 Å². The van der Waals surface area contributed by atoms with Crippen LogP contribution in [0.5, 0.6) is 0 Å². The number of hydrogen-bond donors (Lipinski definition) is 0. The Kier molecular flexibility index (Phi) is 6.85. The first-order valence-corrected chi connectivity index (χ1v) is 9.81. The fourth-order valence-corrected chi connectivity index (χ4v) is 7.37. The van der Waals surface area contributed by atoms with Crippen molar-refractivity contribution in [2.45, 2.75) is 77.8 Å². The van der Waals surface area contributed by atoms with Gasteiger partial charge < -0.3 is 4.57 Å². The minimum Gasteiger partial charge on any atom is -0.323 e. The summed E-state index contributed by atoms with van der Waals surface area (Å²) in [5.74, 6) is 0.604. The normalized spacial score (nSPS) is 20.9. The van der Waals surface area contributed by atoms with E-state index in [1.54, 1.807) is 0 Å². The monoisotopic (exact) mass is 258 g/mol. The van der Waals surface area contributed by atoms with Gasteiger partial charge in [-0.05, 0) is 25.2 Å². The second kappa shape index (κ2) is 7.62. The molecule has 0 heterocycles. The summed E-state index contributed by atoms with van der Waals surface area (Å²) in [7, 11) is -1.86. The van der Waals surface area contributed by atoms with Gasteiger partial charge in [0, 0.05) is 18.0 Å². The van der Waals surface area contributed by atoms with Crippen molar-refractivity contribution in [3.8, 4) is 0 Å². The average Bonchev–Trinajstić information content (AvgIpc) is 2.77. The predicted octanol–water partition coefficient (Wildman–Crippen LogP) is 5.53. The summed E-state index contributed by atoms with van der Waals surface area (Å²) >= 11 is 0. The number of rotatable bonds is 8. The first kappa shape index (κ1) is 15.3. The highest BCUT2D eigenvalue weighted by atomic mass is 31.2. The molecule has 17 heavy (non-hydrogen) atoms. The molecule has 1 rings (SSSR count). The van der Waals surface area contributed by atoms with Gasteiger partial charge in [-0.1, -0.05) is 52.9 Å². The minimum absolute atomic E-state index is 0.589. The summed E-state index contributed by atoms with van der Waals surface area (Å²) < 4.78 is 13.2. The summed E-state index contributed by atoms with van der Waals surface area (Å²) in [6.45, 7) is 6.70. The van der Waals surface area contributed by atoms with Gasteiger partial charge in [0.05, 0.1) is 7.14 Å².